The summed E-state index contributed by atoms with van der Waals surface area (Å²) in [6, 6.07) is 11.3. The van der Waals surface area contributed by atoms with Crippen LogP contribution in [0.2, 0.25) is 0 Å². The van der Waals surface area contributed by atoms with E-state index in [9.17, 15) is 13.2 Å². The predicted octanol–water partition coefficient (Wildman–Crippen LogP) is 4.30. The smallest absolute Gasteiger partial charge is 0.262 e. The SMILES string of the molecule is CCCC1CCCN(C(=O)c2ccccc2NS(=O)(=O)c2ccc3c(c2)OCCO3)CC1. The molecule has 8 heteroatoms. The van der Waals surface area contributed by atoms with Crippen molar-refractivity contribution in [3.8, 4) is 11.5 Å². The van der Waals surface area contributed by atoms with E-state index in [0.717, 1.165) is 25.7 Å². The van der Waals surface area contributed by atoms with Crippen molar-refractivity contribution in [2.24, 2.45) is 5.92 Å². The van der Waals surface area contributed by atoms with Crippen LogP contribution < -0.4 is 14.2 Å². The lowest BCUT2D eigenvalue weighted by Gasteiger charge is -2.23. The van der Waals surface area contributed by atoms with Gasteiger partial charge in [0.05, 0.1) is 16.1 Å². The van der Waals surface area contributed by atoms with Crippen molar-refractivity contribution in [3.63, 3.8) is 0 Å². The van der Waals surface area contributed by atoms with Crippen molar-refractivity contribution in [1.29, 1.82) is 0 Å². The first kappa shape index (κ1) is 22.5. The van der Waals surface area contributed by atoms with E-state index in [1.54, 1.807) is 30.3 Å². The molecular formula is C24H30N2O5S. The third-order valence-corrected chi connectivity index (χ3v) is 7.42. The summed E-state index contributed by atoms with van der Waals surface area (Å²) in [5.74, 6) is 1.44. The molecule has 0 radical (unpaired) electrons. The molecule has 0 aromatic heterocycles. The molecule has 1 atom stereocenters. The number of likely N-dealkylation sites (tertiary alicyclic amines) is 1. The Labute approximate surface area is 189 Å². The molecule has 1 saturated heterocycles. The third-order valence-electron chi connectivity index (χ3n) is 6.06. The highest BCUT2D eigenvalue weighted by Gasteiger charge is 2.25. The van der Waals surface area contributed by atoms with Crippen LogP contribution in [0.4, 0.5) is 5.69 Å². The van der Waals surface area contributed by atoms with Gasteiger partial charge in [-0.2, -0.15) is 0 Å². The van der Waals surface area contributed by atoms with E-state index in [2.05, 4.69) is 11.6 Å². The van der Waals surface area contributed by atoms with E-state index in [1.807, 2.05) is 4.90 Å². The second-order valence-corrected chi connectivity index (χ2v) is 10.0. The van der Waals surface area contributed by atoms with Crippen LogP contribution in [0, 0.1) is 5.92 Å². The Morgan fingerprint density at radius 3 is 2.66 bits per heavy atom. The number of nitrogens with zero attached hydrogens (tertiary/aromatic N) is 1. The van der Waals surface area contributed by atoms with Crippen molar-refractivity contribution in [2.75, 3.05) is 31.0 Å². The Morgan fingerprint density at radius 1 is 1.06 bits per heavy atom. The largest absolute Gasteiger partial charge is 0.486 e. The molecule has 2 aliphatic heterocycles. The summed E-state index contributed by atoms with van der Waals surface area (Å²) in [5, 5.41) is 0. The number of carbonyl (C=O) groups is 1. The van der Waals surface area contributed by atoms with Gasteiger partial charge in [0, 0.05) is 19.2 Å². The van der Waals surface area contributed by atoms with Crippen molar-refractivity contribution < 1.29 is 22.7 Å². The molecule has 0 spiro atoms. The Morgan fingerprint density at radius 2 is 1.84 bits per heavy atom. The van der Waals surface area contributed by atoms with Gasteiger partial charge in [-0.05, 0) is 49.4 Å². The summed E-state index contributed by atoms with van der Waals surface area (Å²) in [4.78, 5) is 15.2. The Kier molecular flexibility index (Phi) is 6.89. The van der Waals surface area contributed by atoms with Crippen molar-refractivity contribution in [1.82, 2.24) is 4.90 Å². The van der Waals surface area contributed by atoms with E-state index < -0.39 is 10.0 Å². The molecule has 1 unspecified atom stereocenters. The highest BCUT2D eigenvalue weighted by molar-refractivity contribution is 7.92. The number of benzene rings is 2. The maximum absolute atomic E-state index is 13.3. The van der Waals surface area contributed by atoms with E-state index in [-0.39, 0.29) is 16.5 Å². The third kappa shape index (κ3) is 5.01. The lowest BCUT2D eigenvalue weighted by Crippen LogP contribution is -2.32. The molecular weight excluding hydrogens is 428 g/mol. The Balaban J connectivity index is 1.54. The molecule has 1 fully saturated rings. The lowest BCUT2D eigenvalue weighted by molar-refractivity contribution is 0.0761. The fraction of sp³-hybridized carbons (Fsp3) is 0.458. The number of fused-ring (bicyclic) bond motifs is 1. The van der Waals surface area contributed by atoms with Crippen LogP contribution in [0.1, 0.15) is 49.4 Å². The first-order valence-electron chi connectivity index (χ1n) is 11.3. The summed E-state index contributed by atoms with van der Waals surface area (Å²) >= 11 is 0. The molecule has 2 aliphatic rings. The molecule has 0 bridgehead atoms. The van der Waals surface area contributed by atoms with Crippen LogP contribution in [-0.2, 0) is 10.0 Å². The van der Waals surface area contributed by atoms with E-state index >= 15 is 0 Å². The number of hydrogen-bond acceptors (Lipinski definition) is 5. The van der Waals surface area contributed by atoms with Gasteiger partial charge in [0.2, 0.25) is 0 Å². The van der Waals surface area contributed by atoms with Gasteiger partial charge >= 0.3 is 0 Å². The van der Waals surface area contributed by atoms with Crippen LogP contribution in [-0.4, -0.2) is 45.5 Å². The number of sulfonamides is 1. The van der Waals surface area contributed by atoms with Crippen LogP contribution in [0.15, 0.2) is 47.4 Å². The molecule has 1 N–H and O–H groups in total. The minimum atomic E-state index is -3.91. The van der Waals surface area contributed by atoms with Crippen LogP contribution in [0.5, 0.6) is 11.5 Å². The van der Waals surface area contributed by atoms with Gasteiger partial charge in [-0.25, -0.2) is 8.42 Å². The average molecular weight is 459 g/mol. The van der Waals surface area contributed by atoms with Gasteiger partial charge in [0.15, 0.2) is 11.5 Å². The van der Waals surface area contributed by atoms with Crippen LogP contribution in [0.25, 0.3) is 0 Å². The van der Waals surface area contributed by atoms with Gasteiger partial charge in [-0.15, -0.1) is 0 Å². The first-order chi connectivity index (χ1) is 15.5. The second-order valence-electron chi connectivity index (χ2n) is 8.33. The van der Waals surface area contributed by atoms with E-state index in [0.29, 0.717) is 49.3 Å². The minimum Gasteiger partial charge on any atom is -0.486 e. The zero-order chi connectivity index (χ0) is 22.6. The number of nitrogens with one attached hydrogen (secondary N) is 1. The highest BCUT2D eigenvalue weighted by atomic mass is 32.2. The number of rotatable bonds is 6. The van der Waals surface area contributed by atoms with Crippen molar-refractivity contribution in [2.45, 2.75) is 43.9 Å². The molecule has 4 rings (SSSR count). The number of carbonyl (C=O) groups excluding carboxylic acids is 1. The van der Waals surface area contributed by atoms with Gasteiger partial charge in [0.1, 0.15) is 13.2 Å². The van der Waals surface area contributed by atoms with E-state index in [1.165, 1.54) is 18.6 Å². The molecule has 0 saturated carbocycles. The second kappa shape index (κ2) is 9.81. The summed E-state index contributed by atoms with van der Waals surface area (Å²) in [6.07, 6.45) is 5.44. The topological polar surface area (TPSA) is 84.9 Å². The number of ether oxygens (including phenoxy) is 2. The van der Waals surface area contributed by atoms with Gasteiger partial charge in [-0.1, -0.05) is 31.9 Å². The number of amides is 1. The van der Waals surface area contributed by atoms with Gasteiger partial charge in [0.25, 0.3) is 15.9 Å². The summed E-state index contributed by atoms with van der Waals surface area (Å²) in [6.45, 7) is 4.39. The van der Waals surface area contributed by atoms with E-state index in [4.69, 9.17) is 9.47 Å². The van der Waals surface area contributed by atoms with Gasteiger partial charge < -0.3 is 14.4 Å². The molecule has 2 heterocycles. The highest BCUT2D eigenvalue weighted by Crippen LogP contribution is 2.33. The monoisotopic (exact) mass is 458 g/mol. The molecule has 2 aromatic carbocycles. The molecule has 7 nitrogen and oxygen atoms in total. The maximum Gasteiger partial charge on any atom is 0.262 e. The minimum absolute atomic E-state index is 0.0566. The van der Waals surface area contributed by atoms with Crippen LogP contribution >= 0.6 is 0 Å². The standard InChI is InChI=1S/C24H30N2O5S/c1-2-6-18-7-5-13-26(14-12-18)24(27)20-8-3-4-9-21(20)25-32(28,29)19-10-11-22-23(17-19)31-16-15-30-22/h3-4,8-11,17-18,25H,2,5-7,12-16H2,1H3. The number of hydrogen-bond donors (Lipinski definition) is 1. The van der Waals surface area contributed by atoms with Crippen molar-refractivity contribution in [3.05, 3.63) is 48.0 Å². The summed E-state index contributed by atoms with van der Waals surface area (Å²) < 4.78 is 39.7. The Bertz CT molecular complexity index is 1070. The molecule has 1 amide bonds. The normalized spacial score (nSPS) is 18.7. The number of anilines is 1. The van der Waals surface area contributed by atoms with Crippen LogP contribution in [0.3, 0.4) is 0 Å². The molecule has 32 heavy (non-hydrogen) atoms. The maximum atomic E-state index is 13.3. The van der Waals surface area contributed by atoms with Gasteiger partial charge in [-0.3, -0.25) is 9.52 Å². The molecule has 172 valence electrons. The lowest BCUT2D eigenvalue weighted by atomic mass is 9.96. The number of para-hydroxylation sites is 1. The molecule has 0 aliphatic carbocycles. The average Bonchev–Trinajstić information content (AvgIpc) is 3.04. The quantitative estimate of drug-likeness (QED) is 0.698. The molecule has 2 aromatic rings. The Hall–Kier alpha value is -2.74. The van der Waals surface area contributed by atoms with Crippen molar-refractivity contribution >= 4 is 21.6 Å². The predicted molar refractivity (Wildman–Crippen MR) is 123 cm³/mol. The summed E-state index contributed by atoms with van der Waals surface area (Å²) in [7, 11) is -3.91. The summed E-state index contributed by atoms with van der Waals surface area (Å²) in [5.41, 5.74) is 0.643. The first-order valence-corrected chi connectivity index (χ1v) is 12.8. The zero-order valence-electron chi connectivity index (χ0n) is 18.4. The zero-order valence-corrected chi connectivity index (χ0v) is 19.2. The fourth-order valence-corrected chi connectivity index (χ4v) is 5.48. The fourth-order valence-electron chi connectivity index (χ4n) is 4.39.